The molecule has 0 bridgehead atoms. The van der Waals surface area contributed by atoms with E-state index in [1.165, 1.54) is 38.5 Å². The molecule has 0 atom stereocenters. The second-order valence-corrected chi connectivity index (χ2v) is 5.24. The highest BCUT2D eigenvalue weighted by Crippen LogP contribution is 2.06. The third kappa shape index (κ3) is 9.24. The number of carbonyl (C=O) groups is 1. The van der Waals surface area contributed by atoms with Crippen LogP contribution in [-0.2, 0) is 9.47 Å². The van der Waals surface area contributed by atoms with Crippen molar-refractivity contribution in [2.45, 2.75) is 51.9 Å². The Morgan fingerprint density at radius 3 is 2.24 bits per heavy atom. The van der Waals surface area contributed by atoms with Crippen molar-refractivity contribution in [2.75, 3.05) is 19.8 Å². The molecule has 0 unspecified atom stereocenters. The summed E-state index contributed by atoms with van der Waals surface area (Å²) in [5, 5.41) is 0. The molecule has 1 aromatic carbocycles. The summed E-state index contributed by atoms with van der Waals surface area (Å²) in [6, 6.07) is 9.03. The first-order chi connectivity index (χ1) is 10.3. The number of rotatable bonds is 12. The number of ether oxygens (including phenoxy) is 2. The van der Waals surface area contributed by atoms with Crippen molar-refractivity contribution >= 4 is 5.97 Å². The predicted octanol–water partition coefficient (Wildman–Crippen LogP) is 4.61. The van der Waals surface area contributed by atoms with Gasteiger partial charge in [0.15, 0.2) is 0 Å². The van der Waals surface area contributed by atoms with Gasteiger partial charge in [-0.05, 0) is 18.6 Å². The number of esters is 1. The fourth-order valence-electron chi connectivity index (χ4n) is 2.11. The van der Waals surface area contributed by atoms with E-state index < -0.39 is 0 Å². The highest BCUT2D eigenvalue weighted by atomic mass is 16.6. The lowest BCUT2D eigenvalue weighted by molar-refractivity contribution is 0.0312. The molecule has 0 spiro atoms. The largest absolute Gasteiger partial charge is 0.460 e. The first-order valence-electron chi connectivity index (χ1n) is 8.14. The van der Waals surface area contributed by atoms with E-state index in [4.69, 9.17) is 9.47 Å². The average molecular weight is 292 g/mol. The zero-order valence-corrected chi connectivity index (χ0v) is 13.2. The minimum Gasteiger partial charge on any atom is -0.460 e. The Hall–Kier alpha value is -1.35. The Balaban J connectivity index is 1.88. The van der Waals surface area contributed by atoms with Crippen LogP contribution in [0.4, 0.5) is 0 Å². The van der Waals surface area contributed by atoms with Crippen LogP contribution in [0.1, 0.15) is 62.2 Å². The SMILES string of the molecule is CCCCCCCCCOCCOC(=O)c1ccccc1. The van der Waals surface area contributed by atoms with E-state index in [0.29, 0.717) is 18.8 Å². The Morgan fingerprint density at radius 1 is 0.857 bits per heavy atom. The van der Waals surface area contributed by atoms with Crippen molar-refractivity contribution in [1.29, 1.82) is 0 Å². The molecular weight excluding hydrogens is 264 g/mol. The molecule has 21 heavy (non-hydrogen) atoms. The summed E-state index contributed by atoms with van der Waals surface area (Å²) < 4.78 is 10.6. The van der Waals surface area contributed by atoms with Gasteiger partial charge >= 0.3 is 5.97 Å². The number of unbranched alkanes of at least 4 members (excludes halogenated alkanes) is 6. The molecule has 0 saturated carbocycles. The summed E-state index contributed by atoms with van der Waals surface area (Å²) in [5.74, 6) is -0.282. The summed E-state index contributed by atoms with van der Waals surface area (Å²) in [7, 11) is 0. The second-order valence-electron chi connectivity index (χ2n) is 5.24. The van der Waals surface area contributed by atoms with Crippen LogP contribution in [0.2, 0.25) is 0 Å². The normalized spacial score (nSPS) is 10.5. The summed E-state index contributed by atoms with van der Waals surface area (Å²) in [6.45, 7) is 3.80. The van der Waals surface area contributed by atoms with Gasteiger partial charge < -0.3 is 9.47 Å². The fraction of sp³-hybridized carbons (Fsp3) is 0.611. The zero-order valence-electron chi connectivity index (χ0n) is 13.2. The molecule has 1 aromatic rings. The molecule has 0 aliphatic rings. The van der Waals surface area contributed by atoms with E-state index >= 15 is 0 Å². The monoisotopic (exact) mass is 292 g/mol. The maximum atomic E-state index is 11.6. The van der Waals surface area contributed by atoms with Gasteiger partial charge in [0.1, 0.15) is 6.61 Å². The summed E-state index contributed by atoms with van der Waals surface area (Å²) >= 11 is 0. The van der Waals surface area contributed by atoms with E-state index in [9.17, 15) is 4.79 Å². The third-order valence-electron chi connectivity index (χ3n) is 3.36. The maximum Gasteiger partial charge on any atom is 0.338 e. The molecule has 0 saturated heterocycles. The van der Waals surface area contributed by atoms with Crippen LogP contribution in [0.15, 0.2) is 30.3 Å². The van der Waals surface area contributed by atoms with E-state index in [1.807, 2.05) is 18.2 Å². The quantitative estimate of drug-likeness (QED) is 0.417. The van der Waals surface area contributed by atoms with Crippen molar-refractivity contribution in [3.05, 3.63) is 35.9 Å². The van der Waals surface area contributed by atoms with Crippen molar-refractivity contribution < 1.29 is 14.3 Å². The van der Waals surface area contributed by atoms with Crippen LogP contribution < -0.4 is 0 Å². The molecule has 118 valence electrons. The minimum absolute atomic E-state index is 0.282. The van der Waals surface area contributed by atoms with Crippen LogP contribution in [0.5, 0.6) is 0 Å². The van der Waals surface area contributed by atoms with E-state index in [2.05, 4.69) is 6.92 Å². The standard InChI is InChI=1S/C18H28O3/c1-2-3-4-5-6-7-11-14-20-15-16-21-18(19)17-12-9-8-10-13-17/h8-10,12-13H,2-7,11,14-16H2,1H3. The lowest BCUT2D eigenvalue weighted by Crippen LogP contribution is -2.11. The first-order valence-corrected chi connectivity index (χ1v) is 8.14. The van der Waals surface area contributed by atoms with Crippen molar-refractivity contribution in [2.24, 2.45) is 0 Å². The summed E-state index contributed by atoms with van der Waals surface area (Å²) in [4.78, 5) is 11.6. The molecule has 0 N–H and O–H groups in total. The highest BCUT2D eigenvalue weighted by Gasteiger charge is 2.04. The Morgan fingerprint density at radius 2 is 1.52 bits per heavy atom. The molecule has 0 amide bonds. The lowest BCUT2D eigenvalue weighted by atomic mass is 10.1. The number of benzene rings is 1. The molecule has 0 aliphatic carbocycles. The molecule has 1 rings (SSSR count). The van der Waals surface area contributed by atoms with Crippen LogP contribution >= 0.6 is 0 Å². The zero-order chi connectivity index (χ0) is 15.2. The number of carbonyl (C=O) groups excluding carboxylic acids is 1. The van der Waals surface area contributed by atoms with Gasteiger partial charge in [-0.2, -0.15) is 0 Å². The predicted molar refractivity (Wildman–Crippen MR) is 85.5 cm³/mol. The van der Waals surface area contributed by atoms with Crippen molar-refractivity contribution in [3.8, 4) is 0 Å². The van der Waals surface area contributed by atoms with Crippen molar-refractivity contribution in [1.82, 2.24) is 0 Å². The van der Waals surface area contributed by atoms with Gasteiger partial charge in [-0.3, -0.25) is 0 Å². The molecule has 3 nitrogen and oxygen atoms in total. The van der Waals surface area contributed by atoms with Gasteiger partial charge in [0.25, 0.3) is 0 Å². The molecule has 0 radical (unpaired) electrons. The van der Waals surface area contributed by atoms with E-state index in [1.54, 1.807) is 12.1 Å². The van der Waals surface area contributed by atoms with Crippen LogP contribution in [0.3, 0.4) is 0 Å². The molecule has 3 heteroatoms. The van der Waals surface area contributed by atoms with Gasteiger partial charge in [0, 0.05) is 6.61 Å². The smallest absolute Gasteiger partial charge is 0.338 e. The second kappa shape index (κ2) is 12.4. The maximum absolute atomic E-state index is 11.6. The Bertz CT molecular complexity index is 362. The Labute approximate surface area is 128 Å². The van der Waals surface area contributed by atoms with Crippen LogP contribution in [-0.4, -0.2) is 25.8 Å². The fourth-order valence-corrected chi connectivity index (χ4v) is 2.11. The summed E-state index contributed by atoms with van der Waals surface area (Å²) in [6.07, 6.45) is 8.96. The molecule has 0 fully saturated rings. The van der Waals surface area contributed by atoms with E-state index in [0.717, 1.165) is 13.0 Å². The average Bonchev–Trinajstić information content (AvgIpc) is 2.53. The van der Waals surface area contributed by atoms with Crippen molar-refractivity contribution in [3.63, 3.8) is 0 Å². The number of hydrogen-bond acceptors (Lipinski definition) is 3. The molecular formula is C18H28O3. The van der Waals surface area contributed by atoms with Gasteiger partial charge in [0.2, 0.25) is 0 Å². The van der Waals surface area contributed by atoms with Crippen LogP contribution in [0, 0.1) is 0 Å². The number of hydrogen-bond donors (Lipinski definition) is 0. The van der Waals surface area contributed by atoms with Gasteiger partial charge in [-0.25, -0.2) is 4.79 Å². The van der Waals surface area contributed by atoms with Gasteiger partial charge in [-0.15, -0.1) is 0 Å². The highest BCUT2D eigenvalue weighted by molar-refractivity contribution is 5.89. The van der Waals surface area contributed by atoms with Crippen LogP contribution in [0.25, 0.3) is 0 Å². The molecule has 0 heterocycles. The van der Waals surface area contributed by atoms with E-state index in [-0.39, 0.29) is 5.97 Å². The lowest BCUT2D eigenvalue weighted by Gasteiger charge is -2.06. The first kappa shape index (κ1) is 17.7. The minimum atomic E-state index is -0.282. The van der Waals surface area contributed by atoms with Gasteiger partial charge in [0.05, 0.1) is 12.2 Å². The topological polar surface area (TPSA) is 35.5 Å². The Kier molecular flexibility index (Phi) is 10.4. The third-order valence-corrected chi connectivity index (χ3v) is 3.36. The molecule has 0 aliphatic heterocycles. The molecule has 0 aromatic heterocycles. The summed E-state index contributed by atoms with van der Waals surface area (Å²) in [5.41, 5.74) is 0.588. The van der Waals surface area contributed by atoms with Gasteiger partial charge in [-0.1, -0.05) is 63.6 Å².